The van der Waals surface area contributed by atoms with Gasteiger partial charge < -0.3 is 4.31 Å². The molecule has 1 aromatic heterocycles. The molecule has 0 saturated heterocycles. The molecule has 0 fully saturated rings. The number of rotatable bonds is 7. The third-order valence-corrected chi connectivity index (χ3v) is 6.84. The van der Waals surface area contributed by atoms with E-state index in [0.717, 1.165) is 48.2 Å². The molecule has 0 N–H and O–H groups in total. The number of hydrogen-bond donors (Lipinski definition) is 0. The summed E-state index contributed by atoms with van der Waals surface area (Å²) in [5, 5.41) is 9.36. The SMILES string of the molecule is C=C(CC)c1ccc(CN(c2cccc3c2CB(C#N)C3)S(=C)CC)nc1. The Kier molecular flexibility index (Phi) is 6.18. The van der Waals surface area contributed by atoms with E-state index in [-0.39, 0.29) is 17.4 Å². The van der Waals surface area contributed by atoms with Gasteiger partial charge in [-0.2, -0.15) is 0 Å². The first-order valence-electron chi connectivity index (χ1n) is 9.49. The second kappa shape index (κ2) is 8.58. The predicted octanol–water partition coefficient (Wildman–Crippen LogP) is 4.88. The molecule has 1 aromatic carbocycles. The highest BCUT2D eigenvalue weighted by Crippen LogP contribution is 2.36. The molecule has 2 heterocycles. The van der Waals surface area contributed by atoms with Crippen LogP contribution in [0.1, 0.15) is 42.7 Å². The normalized spacial score (nSPS) is 13.7. The number of benzene rings is 1. The fourth-order valence-corrected chi connectivity index (χ4v) is 4.58. The van der Waals surface area contributed by atoms with Gasteiger partial charge in [0.25, 0.3) is 6.71 Å². The van der Waals surface area contributed by atoms with Crippen LogP contribution in [0, 0.1) is 11.2 Å². The van der Waals surface area contributed by atoms with Gasteiger partial charge in [-0.3, -0.25) is 4.98 Å². The molecule has 1 unspecified atom stereocenters. The van der Waals surface area contributed by atoms with Gasteiger partial charge in [-0.1, -0.05) is 44.5 Å². The molecule has 0 radical (unpaired) electrons. The molecule has 0 saturated carbocycles. The first-order valence-corrected chi connectivity index (χ1v) is 11.0. The number of hydrogen-bond acceptors (Lipinski definition) is 3. The zero-order valence-electron chi connectivity index (χ0n) is 16.2. The zero-order chi connectivity index (χ0) is 19.4. The summed E-state index contributed by atoms with van der Waals surface area (Å²) in [4.78, 5) is 4.68. The molecule has 2 aromatic rings. The van der Waals surface area contributed by atoms with Crippen LogP contribution in [0.2, 0.25) is 0 Å². The van der Waals surface area contributed by atoms with Crippen LogP contribution >= 0.6 is 10.7 Å². The van der Waals surface area contributed by atoms with E-state index in [1.165, 1.54) is 16.8 Å². The lowest BCUT2D eigenvalue weighted by Gasteiger charge is -2.29. The zero-order valence-corrected chi connectivity index (χ0v) is 17.1. The summed E-state index contributed by atoms with van der Waals surface area (Å²) in [5.41, 5.74) is 7.09. The average Bonchev–Trinajstić information content (AvgIpc) is 3.15. The van der Waals surface area contributed by atoms with Gasteiger partial charge in [-0.25, -0.2) is 5.26 Å². The van der Waals surface area contributed by atoms with Crippen molar-refractivity contribution >= 4 is 34.5 Å². The molecule has 0 bridgehead atoms. The van der Waals surface area contributed by atoms with Gasteiger partial charge in [0.2, 0.25) is 0 Å². The van der Waals surface area contributed by atoms with E-state index in [0.29, 0.717) is 0 Å². The Morgan fingerprint density at radius 3 is 2.74 bits per heavy atom. The summed E-state index contributed by atoms with van der Waals surface area (Å²) in [7, 11) is -0.145. The Labute approximate surface area is 165 Å². The Morgan fingerprint density at radius 2 is 2.11 bits per heavy atom. The Bertz CT molecular complexity index is 899. The van der Waals surface area contributed by atoms with Gasteiger partial charge in [0, 0.05) is 23.6 Å². The van der Waals surface area contributed by atoms with Crippen molar-refractivity contribution in [3.8, 4) is 5.97 Å². The van der Waals surface area contributed by atoms with Crippen LogP contribution < -0.4 is 4.31 Å². The summed E-state index contributed by atoms with van der Waals surface area (Å²) in [6.45, 7) is 9.19. The molecule has 1 aliphatic rings. The van der Waals surface area contributed by atoms with Crippen molar-refractivity contribution in [3.05, 3.63) is 65.5 Å². The second-order valence-corrected chi connectivity index (χ2v) is 8.87. The molecule has 3 nitrogen and oxygen atoms in total. The summed E-state index contributed by atoms with van der Waals surface area (Å²) < 4.78 is 2.37. The van der Waals surface area contributed by atoms with Crippen LogP contribution in [-0.4, -0.2) is 23.3 Å². The lowest BCUT2D eigenvalue weighted by atomic mass is 9.49. The molecule has 5 heteroatoms. The first kappa shape index (κ1) is 19.4. The Morgan fingerprint density at radius 1 is 1.30 bits per heavy atom. The minimum Gasteiger partial charge on any atom is -0.316 e. The number of anilines is 1. The van der Waals surface area contributed by atoms with Gasteiger partial charge in [0.1, 0.15) is 0 Å². The van der Waals surface area contributed by atoms with Gasteiger partial charge in [-0.05, 0) is 53.5 Å². The molecule has 0 spiro atoms. The summed E-state index contributed by atoms with van der Waals surface area (Å²) in [6.07, 6.45) is 4.55. The molecule has 0 aliphatic carbocycles. The lowest BCUT2D eigenvalue weighted by molar-refractivity contribution is 0.974. The van der Waals surface area contributed by atoms with E-state index in [2.05, 4.69) is 71.9 Å². The van der Waals surface area contributed by atoms with Crippen LogP contribution in [0.15, 0.2) is 43.1 Å². The fourth-order valence-electron chi connectivity index (χ4n) is 3.51. The van der Waals surface area contributed by atoms with Crippen molar-refractivity contribution in [2.24, 2.45) is 0 Å². The summed E-state index contributed by atoms with van der Waals surface area (Å²) in [5.74, 6) is 7.82. The number of nitriles is 1. The predicted molar refractivity (Wildman–Crippen MR) is 120 cm³/mol. The lowest BCUT2D eigenvalue weighted by Crippen LogP contribution is -2.19. The molecule has 0 amide bonds. The van der Waals surface area contributed by atoms with Gasteiger partial charge >= 0.3 is 0 Å². The Balaban J connectivity index is 1.91. The molecule has 27 heavy (non-hydrogen) atoms. The maximum Gasteiger partial charge on any atom is 0.276 e. The Hall–Kier alpha value is -2.32. The van der Waals surface area contributed by atoms with Crippen molar-refractivity contribution in [1.82, 2.24) is 4.98 Å². The highest BCUT2D eigenvalue weighted by molar-refractivity contribution is 8.15. The number of nitrogens with zero attached hydrogens (tertiary/aromatic N) is 3. The summed E-state index contributed by atoms with van der Waals surface area (Å²) in [6, 6.07) is 10.6. The molecule has 1 atom stereocenters. The quantitative estimate of drug-likeness (QED) is 0.511. The van der Waals surface area contributed by atoms with E-state index in [1.807, 2.05) is 6.20 Å². The molecule has 3 rings (SSSR count). The van der Waals surface area contributed by atoms with Crippen molar-refractivity contribution in [2.45, 2.75) is 39.5 Å². The largest absolute Gasteiger partial charge is 0.316 e. The maximum absolute atomic E-state index is 9.36. The van der Waals surface area contributed by atoms with Crippen molar-refractivity contribution < 1.29 is 0 Å². The highest BCUT2D eigenvalue weighted by Gasteiger charge is 2.29. The highest BCUT2D eigenvalue weighted by atomic mass is 32.2. The van der Waals surface area contributed by atoms with E-state index in [9.17, 15) is 5.26 Å². The van der Waals surface area contributed by atoms with Crippen molar-refractivity contribution in [1.29, 1.82) is 5.26 Å². The number of fused-ring (bicyclic) bond motifs is 1. The minimum absolute atomic E-state index is 0.0914. The average molecular weight is 375 g/mol. The topological polar surface area (TPSA) is 39.9 Å². The number of aromatic nitrogens is 1. The van der Waals surface area contributed by atoms with Crippen LogP contribution in [0.25, 0.3) is 5.57 Å². The molecular weight excluding hydrogens is 349 g/mol. The number of pyridine rings is 1. The minimum atomic E-state index is -0.145. The summed E-state index contributed by atoms with van der Waals surface area (Å²) >= 11 is 0. The molecule has 1 aliphatic heterocycles. The van der Waals surface area contributed by atoms with Crippen molar-refractivity contribution in [3.63, 3.8) is 0 Å². The van der Waals surface area contributed by atoms with Crippen LogP contribution in [-0.2, 0) is 19.2 Å². The third kappa shape index (κ3) is 4.17. The monoisotopic (exact) mass is 375 g/mol. The van der Waals surface area contributed by atoms with Gasteiger partial charge in [0.15, 0.2) is 0 Å². The fraction of sp³-hybridized carbons (Fsp3) is 0.318. The number of allylic oxidation sites excluding steroid dienone is 1. The third-order valence-electron chi connectivity index (χ3n) is 5.23. The second-order valence-electron chi connectivity index (χ2n) is 6.93. The maximum atomic E-state index is 9.36. The standard InChI is InChI=1S/C22H26BN3S/c1-5-17(3)19-10-11-20(25-14-19)15-26(27(4)6-2)22-9-7-8-18-12-23(16-24)13-21(18)22/h7-11,14H,3-6,12-13,15H2,1-2H3. The van der Waals surface area contributed by atoms with Crippen molar-refractivity contribution in [2.75, 3.05) is 10.1 Å². The smallest absolute Gasteiger partial charge is 0.276 e. The molecule has 138 valence electrons. The van der Waals surface area contributed by atoms with Gasteiger partial charge in [0.05, 0.1) is 12.2 Å². The van der Waals surface area contributed by atoms with E-state index in [1.54, 1.807) is 0 Å². The van der Waals surface area contributed by atoms with E-state index in [4.69, 9.17) is 0 Å². The van der Waals surface area contributed by atoms with E-state index >= 15 is 0 Å². The molecular formula is C22H26BN3S. The van der Waals surface area contributed by atoms with Crippen LogP contribution in [0.3, 0.4) is 0 Å². The first-order chi connectivity index (χ1) is 13.1. The van der Waals surface area contributed by atoms with Crippen LogP contribution in [0.5, 0.6) is 0 Å². The van der Waals surface area contributed by atoms with Crippen LogP contribution in [0.4, 0.5) is 5.69 Å². The van der Waals surface area contributed by atoms with Gasteiger partial charge in [-0.15, -0.1) is 10.7 Å². The van der Waals surface area contributed by atoms with E-state index < -0.39 is 0 Å².